The van der Waals surface area contributed by atoms with Gasteiger partial charge in [-0.1, -0.05) is 6.07 Å². The first kappa shape index (κ1) is 14.5. The molecular formula is C14H16BrFN2S. The summed E-state index contributed by atoms with van der Waals surface area (Å²) in [7, 11) is 1.97. The van der Waals surface area contributed by atoms with Gasteiger partial charge in [0.2, 0.25) is 0 Å². The van der Waals surface area contributed by atoms with Crippen LogP contribution in [0.25, 0.3) is 0 Å². The lowest BCUT2D eigenvalue weighted by atomic mass is 10.1. The molecule has 0 aliphatic heterocycles. The van der Waals surface area contributed by atoms with Crippen molar-refractivity contribution in [3.63, 3.8) is 0 Å². The van der Waals surface area contributed by atoms with Gasteiger partial charge in [0.1, 0.15) is 5.82 Å². The molecule has 0 bridgehead atoms. The Hall–Kier alpha value is -0.910. The van der Waals surface area contributed by atoms with E-state index >= 15 is 0 Å². The fourth-order valence-electron chi connectivity index (χ4n) is 2.05. The largest absolute Gasteiger partial charge is 0.369 e. The summed E-state index contributed by atoms with van der Waals surface area (Å²) in [5, 5.41) is 2.05. The maximum Gasteiger partial charge on any atom is 0.128 e. The van der Waals surface area contributed by atoms with Gasteiger partial charge < -0.3 is 10.6 Å². The third-order valence-corrected chi connectivity index (χ3v) is 4.60. The number of rotatable bonds is 5. The molecule has 0 aliphatic rings. The van der Waals surface area contributed by atoms with E-state index in [9.17, 15) is 4.39 Å². The molecule has 1 aromatic heterocycles. The lowest BCUT2D eigenvalue weighted by molar-refractivity contribution is 0.608. The van der Waals surface area contributed by atoms with Crippen molar-refractivity contribution in [2.45, 2.75) is 13.0 Å². The van der Waals surface area contributed by atoms with Gasteiger partial charge >= 0.3 is 0 Å². The van der Waals surface area contributed by atoms with Crippen LogP contribution >= 0.6 is 27.3 Å². The zero-order valence-electron chi connectivity index (χ0n) is 10.7. The van der Waals surface area contributed by atoms with Crippen LogP contribution in [0.5, 0.6) is 0 Å². The number of halogens is 2. The van der Waals surface area contributed by atoms with Crippen molar-refractivity contribution in [1.82, 2.24) is 0 Å². The first-order valence-corrected chi connectivity index (χ1v) is 7.70. The van der Waals surface area contributed by atoms with Crippen LogP contribution in [0.1, 0.15) is 10.4 Å². The number of benzene rings is 1. The van der Waals surface area contributed by atoms with Gasteiger partial charge in [0.05, 0.1) is 6.54 Å². The zero-order chi connectivity index (χ0) is 13.8. The van der Waals surface area contributed by atoms with E-state index in [-0.39, 0.29) is 5.82 Å². The van der Waals surface area contributed by atoms with Crippen molar-refractivity contribution in [3.05, 3.63) is 50.4 Å². The molecule has 0 radical (unpaired) electrons. The highest BCUT2D eigenvalue weighted by molar-refractivity contribution is 9.10. The van der Waals surface area contributed by atoms with E-state index in [1.165, 1.54) is 10.9 Å². The summed E-state index contributed by atoms with van der Waals surface area (Å²) in [6.07, 6.45) is 0.556. The monoisotopic (exact) mass is 342 g/mol. The summed E-state index contributed by atoms with van der Waals surface area (Å²) in [6, 6.07) is 7.26. The molecule has 1 aromatic carbocycles. The van der Waals surface area contributed by atoms with Crippen LogP contribution in [-0.2, 0) is 13.0 Å². The third kappa shape index (κ3) is 3.55. The van der Waals surface area contributed by atoms with Gasteiger partial charge in [0, 0.05) is 33.0 Å². The van der Waals surface area contributed by atoms with Gasteiger partial charge in [-0.3, -0.25) is 0 Å². The highest BCUT2D eigenvalue weighted by atomic mass is 79.9. The van der Waals surface area contributed by atoms with Crippen LogP contribution in [0, 0.1) is 5.82 Å². The van der Waals surface area contributed by atoms with Gasteiger partial charge in [0.25, 0.3) is 0 Å². The molecule has 0 fully saturated rings. The van der Waals surface area contributed by atoms with Crippen molar-refractivity contribution in [3.8, 4) is 0 Å². The highest BCUT2D eigenvalue weighted by Crippen LogP contribution is 2.26. The number of hydrogen-bond acceptors (Lipinski definition) is 3. The summed E-state index contributed by atoms with van der Waals surface area (Å²) >= 11 is 5.13. The number of hydrogen-bond donors (Lipinski definition) is 1. The van der Waals surface area contributed by atoms with Crippen molar-refractivity contribution in [1.29, 1.82) is 0 Å². The number of nitrogens with two attached hydrogens (primary N) is 1. The molecule has 2 rings (SSSR count). The Morgan fingerprint density at radius 2 is 2.21 bits per heavy atom. The van der Waals surface area contributed by atoms with Crippen molar-refractivity contribution >= 4 is 33.0 Å². The highest BCUT2D eigenvalue weighted by Gasteiger charge is 2.12. The summed E-state index contributed by atoms with van der Waals surface area (Å²) in [5.74, 6) is -0.179. The van der Waals surface area contributed by atoms with Crippen molar-refractivity contribution in [2.24, 2.45) is 5.73 Å². The van der Waals surface area contributed by atoms with E-state index in [0.717, 1.165) is 16.7 Å². The topological polar surface area (TPSA) is 29.3 Å². The Morgan fingerprint density at radius 1 is 1.42 bits per heavy atom. The standard InChI is InChI=1S/C14H16BrFN2S/c1-18(8-11-7-10(15)9-19-11)14-4-2-3-13(16)12(14)5-6-17/h2-4,7,9H,5-6,8,17H2,1H3. The molecule has 5 heteroatoms. The van der Waals surface area contributed by atoms with E-state index in [0.29, 0.717) is 18.5 Å². The minimum atomic E-state index is -0.179. The van der Waals surface area contributed by atoms with Crippen molar-refractivity contribution in [2.75, 3.05) is 18.5 Å². The first-order valence-electron chi connectivity index (χ1n) is 6.03. The van der Waals surface area contributed by atoms with Gasteiger partial charge in [-0.05, 0) is 47.1 Å². The van der Waals surface area contributed by atoms with Crippen LogP contribution in [-0.4, -0.2) is 13.6 Å². The van der Waals surface area contributed by atoms with Crippen LogP contribution < -0.4 is 10.6 Å². The predicted octanol–water partition coefficient (Wildman–Crippen LogP) is 3.79. The molecule has 0 amide bonds. The molecule has 2 nitrogen and oxygen atoms in total. The molecule has 0 aliphatic carbocycles. The van der Waals surface area contributed by atoms with Crippen LogP contribution in [0.3, 0.4) is 0 Å². The molecule has 0 unspecified atom stereocenters. The van der Waals surface area contributed by atoms with Crippen molar-refractivity contribution < 1.29 is 4.39 Å². The molecule has 19 heavy (non-hydrogen) atoms. The van der Waals surface area contributed by atoms with E-state index in [1.807, 2.05) is 13.1 Å². The molecule has 102 valence electrons. The lowest BCUT2D eigenvalue weighted by Gasteiger charge is -2.22. The molecule has 0 spiro atoms. The number of anilines is 1. The molecule has 2 aromatic rings. The second-order valence-electron chi connectivity index (χ2n) is 4.36. The molecule has 0 saturated heterocycles. The maximum atomic E-state index is 13.9. The molecule has 0 saturated carbocycles. The fourth-order valence-corrected chi connectivity index (χ4v) is 3.56. The normalized spacial score (nSPS) is 10.7. The van der Waals surface area contributed by atoms with Crippen LogP contribution in [0.15, 0.2) is 34.1 Å². The average molecular weight is 343 g/mol. The van der Waals surface area contributed by atoms with E-state index in [1.54, 1.807) is 17.4 Å². The SMILES string of the molecule is CN(Cc1cc(Br)cs1)c1cccc(F)c1CCN. The second-order valence-corrected chi connectivity index (χ2v) is 6.27. The van der Waals surface area contributed by atoms with Crippen LogP contribution in [0.2, 0.25) is 0 Å². The number of nitrogens with zero attached hydrogens (tertiary/aromatic N) is 1. The predicted molar refractivity (Wildman–Crippen MR) is 83.3 cm³/mol. The van der Waals surface area contributed by atoms with Crippen LogP contribution in [0.4, 0.5) is 10.1 Å². The summed E-state index contributed by atoms with van der Waals surface area (Å²) in [6.45, 7) is 1.21. The lowest BCUT2D eigenvalue weighted by Crippen LogP contribution is -2.19. The molecule has 2 N–H and O–H groups in total. The quantitative estimate of drug-likeness (QED) is 0.895. The maximum absolute atomic E-state index is 13.9. The van der Waals surface area contributed by atoms with Gasteiger partial charge in [-0.15, -0.1) is 11.3 Å². The Morgan fingerprint density at radius 3 is 2.84 bits per heavy atom. The zero-order valence-corrected chi connectivity index (χ0v) is 13.1. The summed E-state index contributed by atoms with van der Waals surface area (Å²) < 4.78 is 14.9. The minimum Gasteiger partial charge on any atom is -0.369 e. The summed E-state index contributed by atoms with van der Waals surface area (Å²) in [5.41, 5.74) is 7.17. The Kier molecular flexibility index (Phi) is 4.96. The Labute approximate surface area is 125 Å². The molecule has 0 atom stereocenters. The first-order chi connectivity index (χ1) is 9.11. The number of thiophene rings is 1. The fraction of sp³-hybridized carbons (Fsp3) is 0.286. The third-order valence-electron chi connectivity index (χ3n) is 2.91. The summed E-state index contributed by atoms with van der Waals surface area (Å²) in [4.78, 5) is 3.30. The minimum absolute atomic E-state index is 0.179. The van der Waals surface area contributed by atoms with Gasteiger partial charge in [0.15, 0.2) is 0 Å². The van der Waals surface area contributed by atoms with Gasteiger partial charge in [-0.2, -0.15) is 0 Å². The average Bonchev–Trinajstić information content (AvgIpc) is 2.77. The molecule has 1 heterocycles. The Bertz CT molecular complexity index is 556. The van der Waals surface area contributed by atoms with E-state index in [4.69, 9.17) is 5.73 Å². The molecular weight excluding hydrogens is 327 g/mol. The second kappa shape index (κ2) is 6.50. The van der Waals surface area contributed by atoms with E-state index in [2.05, 4.69) is 32.3 Å². The smallest absolute Gasteiger partial charge is 0.128 e. The Balaban J connectivity index is 2.23. The van der Waals surface area contributed by atoms with Gasteiger partial charge in [-0.25, -0.2) is 4.39 Å². The van der Waals surface area contributed by atoms with E-state index < -0.39 is 0 Å².